The zero-order valence-corrected chi connectivity index (χ0v) is 13.1. The molecule has 20 heavy (non-hydrogen) atoms. The molecule has 1 aliphatic heterocycles. The van der Waals surface area contributed by atoms with Crippen LogP contribution in [-0.2, 0) is 0 Å². The molecule has 1 N–H and O–H groups in total. The van der Waals surface area contributed by atoms with Gasteiger partial charge in [-0.2, -0.15) is 0 Å². The SMILES string of the molecule is O=C(NC1CCSc2ccccc21)c1ccc(Br)nc1. The van der Waals surface area contributed by atoms with Crippen LogP contribution in [0.3, 0.4) is 0 Å². The second kappa shape index (κ2) is 5.97. The van der Waals surface area contributed by atoms with Crippen LogP contribution in [0.15, 0.2) is 52.1 Å². The van der Waals surface area contributed by atoms with Crippen LogP contribution in [0.1, 0.15) is 28.4 Å². The third-order valence-corrected chi connectivity index (χ3v) is 4.85. The molecule has 3 nitrogen and oxygen atoms in total. The number of benzene rings is 1. The molecule has 0 aliphatic carbocycles. The maximum absolute atomic E-state index is 12.3. The number of pyridine rings is 1. The monoisotopic (exact) mass is 348 g/mol. The highest BCUT2D eigenvalue weighted by Crippen LogP contribution is 2.35. The highest BCUT2D eigenvalue weighted by molar-refractivity contribution is 9.10. The van der Waals surface area contributed by atoms with Crippen LogP contribution in [-0.4, -0.2) is 16.6 Å². The summed E-state index contributed by atoms with van der Waals surface area (Å²) in [5.74, 6) is 0.956. The molecule has 5 heteroatoms. The number of carbonyl (C=O) groups excluding carboxylic acids is 1. The summed E-state index contributed by atoms with van der Waals surface area (Å²) in [7, 11) is 0. The van der Waals surface area contributed by atoms with Gasteiger partial charge in [-0.1, -0.05) is 18.2 Å². The van der Waals surface area contributed by atoms with E-state index >= 15 is 0 Å². The van der Waals surface area contributed by atoms with Gasteiger partial charge in [-0.25, -0.2) is 4.98 Å². The molecule has 1 amide bonds. The number of rotatable bonds is 2. The van der Waals surface area contributed by atoms with E-state index in [0.717, 1.165) is 16.8 Å². The van der Waals surface area contributed by atoms with E-state index in [2.05, 4.69) is 38.4 Å². The van der Waals surface area contributed by atoms with Gasteiger partial charge in [0.1, 0.15) is 4.60 Å². The summed E-state index contributed by atoms with van der Waals surface area (Å²) < 4.78 is 0.730. The van der Waals surface area contributed by atoms with Crippen molar-refractivity contribution in [2.24, 2.45) is 0 Å². The van der Waals surface area contributed by atoms with Gasteiger partial charge in [0.05, 0.1) is 11.6 Å². The Morgan fingerprint density at radius 2 is 2.15 bits per heavy atom. The number of halogens is 1. The summed E-state index contributed by atoms with van der Waals surface area (Å²) in [6.45, 7) is 0. The van der Waals surface area contributed by atoms with E-state index in [1.165, 1.54) is 10.5 Å². The molecule has 1 aliphatic rings. The Hall–Kier alpha value is -1.33. The third-order valence-electron chi connectivity index (χ3n) is 3.25. The largest absolute Gasteiger partial charge is 0.345 e. The van der Waals surface area contributed by atoms with Crippen LogP contribution in [0, 0.1) is 0 Å². The van der Waals surface area contributed by atoms with Crippen molar-refractivity contribution < 1.29 is 4.79 Å². The zero-order chi connectivity index (χ0) is 13.9. The smallest absolute Gasteiger partial charge is 0.253 e. The lowest BCUT2D eigenvalue weighted by Crippen LogP contribution is -2.30. The van der Waals surface area contributed by atoms with E-state index in [0.29, 0.717) is 5.56 Å². The Labute approximate surface area is 130 Å². The summed E-state index contributed by atoms with van der Waals surface area (Å²) in [6, 6.07) is 11.9. The molecule has 0 saturated carbocycles. The van der Waals surface area contributed by atoms with Crippen LogP contribution in [0.4, 0.5) is 0 Å². The topological polar surface area (TPSA) is 42.0 Å². The highest BCUT2D eigenvalue weighted by Gasteiger charge is 2.22. The molecule has 2 aromatic rings. The molecule has 1 atom stereocenters. The van der Waals surface area contributed by atoms with E-state index in [9.17, 15) is 4.79 Å². The van der Waals surface area contributed by atoms with E-state index in [4.69, 9.17) is 0 Å². The quantitative estimate of drug-likeness (QED) is 0.839. The first-order valence-electron chi connectivity index (χ1n) is 6.38. The van der Waals surface area contributed by atoms with Crippen LogP contribution < -0.4 is 5.32 Å². The van der Waals surface area contributed by atoms with E-state index < -0.39 is 0 Å². The predicted octanol–water partition coefficient (Wildman–Crippen LogP) is 3.81. The minimum absolute atomic E-state index is 0.0725. The van der Waals surface area contributed by atoms with Gasteiger partial charge in [0.15, 0.2) is 0 Å². The fourth-order valence-electron chi connectivity index (χ4n) is 2.24. The summed E-state index contributed by atoms with van der Waals surface area (Å²) in [4.78, 5) is 17.6. The molecule has 3 rings (SSSR count). The number of nitrogens with one attached hydrogen (secondary N) is 1. The predicted molar refractivity (Wildman–Crippen MR) is 83.9 cm³/mol. The number of fused-ring (bicyclic) bond motifs is 1. The van der Waals surface area contributed by atoms with Gasteiger partial charge in [0.2, 0.25) is 0 Å². The number of hydrogen-bond donors (Lipinski definition) is 1. The van der Waals surface area contributed by atoms with Gasteiger partial charge < -0.3 is 5.32 Å². The fourth-order valence-corrected chi connectivity index (χ4v) is 3.60. The lowest BCUT2D eigenvalue weighted by atomic mass is 10.0. The van der Waals surface area contributed by atoms with Gasteiger partial charge in [-0.15, -0.1) is 11.8 Å². The van der Waals surface area contributed by atoms with Crippen LogP contribution >= 0.6 is 27.7 Å². The van der Waals surface area contributed by atoms with Crippen molar-refractivity contribution >= 4 is 33.6 Å². The first-order chi connectivity index (χ1) is 9.74. The number of aromatic nitrogens is 1. The maximum atomic E-state index is 12.3. The third kappa shape index (κ3) is 2.88. The molecule has 102 valence electrons. The minimum atomic E-state index is -0.0725. The van der Waals surface area contributed by atoms with Gasteiger partial charge in [-0.3, -0.25) is 4.79 Å². The molecule has 1 aromatic heterocycles. The molecule has 0 spiro atoms. The average Bonchev–Trinajstić information content (AvgIpc) is 2.48. The molecule has 0 fully saturated rings. The van der Waals surface area contributed by atoms with Crippen molar-refractivity contribution in [3.63, 3.8) is 0 Å². The molecule has 0 saturated heterocycles. The Kier molecular flexibility index (Phi) is 4.08. The van der Waals surface area contributed by atoms with Crippen molar-refractivity contribution in [3.8, 4) is 0 Å². The lowest BCUT2D eigenvalue weighted by Gasteiger charge is -2.25. The van der Waals surface area contributed by atoms with E-state index in [1.807, 2.05) is 23.9 Å². The Morgan fingerprint density at radius 3 is 2.95 bits per heavy atom. The summed E-state index contributed by atoms with van der Waals surface area (Å²) in [5.41, 5.74) is 1.80. The second-order valence-electron chi connectivity index (χ2n) is 4.57. The first kappa shape index (κ1) is 13.6. The van der Waals surface area contributed by atoms with Gasteiger partial charge >= 0.3 is 0 Å². The maximum Gasteiger partial charge on any atom is 0.253 e. The Bertz CT molecular complexity index is 630. The highest BCUT2D eigenvalue weighted by atomic mass is 79.9. The lowest BCUT2D eigenvalue weighted by molar-refractivity contribution is 0.0934. The average molecular weight is 349 g/mol. The van der Waals surface area contributed by atoms with Crippen molar-refractivity contribution in [2.75, 3.05) is 5.75 Å². The van der Waals surface area contributed by atoms with Crippen LogP contribution in [0.5, 0.6) is 0 Å². The van der Waals surface area contributed by atoms with Crippen molar-refractivity contribution in [1.82, 2.24) is 10.3 Å². The fraction of sp³-hybridized carbons (Fsp3) is 0.200. The standard InChI is InChI=1S/C15H13BrN2OS/c16-14-6-5-10(9-17-14)15(19)18-12-7-8-20-13-4-2-1-3-11(12)13/h1-6,9,12H,7-8H2,(H,18,19). The van der Waals surface area contributed by atoms with Crippen LogP contribution in [0.2, 0.25) is 0 Å². The van der Waals surface area contributed by atoms with Crippen molar-refractivity contribution in [1.29, 1.82) is 0 Å². The van der Waals surface area contributed by atoms with E-state index in [1.54, 1.807) is 18.3 Å². The second-order valence-corrected chi connectivity index (χ2v) is 6.52. The summed E-state index contributed by atoms with van der Waals surface area (Å²) in [6.07, 6.45) is 2.54. The number of nitrogens with zero attached hydrogens (tertiary/aromatic N) is 1. The minimum Gasteiger partial charge on any atom is -0.345 e. The molecule has 2 heterocycles. The van der Waals surface area contributed by atoms with Gasteiger partial charge in [0, 0.05) is 16.8 Å². The molecular weight excluding hydrogens is 336 g/mol. The zero-order valence-electron chi connectivity index (χ0n) is 10.7. The van der Waals surface area contributed by atoms with Gasteiger partial charge in [0.25, 0.3) is 5.91 Å². The van der Waals surface area contributed by atoms with E-state index in [-0.39, 0.29) is 11.9 Å². The summed E-state index contributed by atoms with van der Waals surface area (Å²) >= 11 is 5.12. The number of carbonyl (C=O) groups is 1. The van der Waals surface area contributed by atoms with Crippen LogP contribution in [0.25, 0.3) is 0 Å². The molecule has 1 aromatic carbocycles. The normalized spacial score (nSPS) is 17.4. The number of hydrogen-bond acceptors (Lipinski definition) is 3. The summed E-state index contributed by atoms with van der Waals surface area (Å²) in [5, 5.41) is 3.10. The van der Waals surface area contributed by atoms with Crippen molar-refractivity contribution in [2.45, 2.75) is 17.4 Å². The molecule has 0 bridgehead atoms. The number of thioether (sulfide) groups is 1. The molecular formula is C15H13BrN2OS. The molecule has 0 radical (unpaired) electrons. The Balaban J connectivity index is 1.79. The van der Waals surface area contributed by atoms with Crippen molar-refractivity contribution in [3.05, 3.63) is 58.3 Å². The molecule has 1 unspecified atom stereocenters. The Morgan fingerprint density at radius 1 is 1.30 bits per heavy atom. The van der Waals surface area contributed by atoms with Gasteiger partial charge in [-0.05, 0) is 46.1 Å². The first-order valence-corrected chi connectivity index (χ1v) is 8.16. The number of amides is 1.